The maximum absolute atomic E-state index is 12.9. The van der Waals surface area contributed by atoms with E-state index < -0.39 is 28.2 Å². The zero-order valence-corrected chi connectivity index (χ0v) is 12.8. The fourth-order valence-corrected chi connectivity index (χ4v) is 2.15. The molecule has 3 nitrogen and oxygen atoms in total. The molecule has 2 atom stereocenters. The second-order valence-electron chi connectivity index (χ2n) is 5.44. The molecule has 20 heavy (non-hydrogen) atoms. The number of nitrogens with one attached hydrogen (secondary N) is 1. The van der Waals surface area contributed by atoms with Gasteiger partial charge >= 0.3 is 0 Å². The van der Waals surface area contributed by atoms with Crippen LogP contribution in [0.25, 0.3) is 0 Å². The molecule has 1 rings (SSSR count). The van der Waals surface area contributed by atoms with Crippen molar-refractivity contribution in [1.29, 1.82) is 0 Å². The van der Waals surface area contributed by atoms with Gasteiger partial charge in [0.15, 0.2) is 0 Å². The van der Waals surface area contributed by atoms with Gasteiger partial charge in [-0.25, -0.2) is 17.7 Å². The van der Waals surface area contributed by atoms with Crippen LogP contribution in [0.15, 0.2) is 30.3 Å². The Bertz CT molecular complexity index is 421. The molecule has 1 aromatic rings. The Labute approximate surface area is 121 Å². The normalized spacial score (nSPS) is 15.3. The largest absolute Gasteiger partial charge is 0.375 e. The molecule has 0 saturated heterocycles. The van der Waals surface area contributed by atoms with E-state index in [4.69, 9.17) is 4.74 Å². The van der Waals surface area contributed by atoms with E-state index in [1.807, 2.05) is 30.3 Å². The number of ether oxygens (including phenoxy) is 1. The number of benzene rings is 1. The highest BCUT2D eigenvalue weighted by molar-refractivity contribution is 7.84. The molecule has 0 aliphatic carbocycles. The second-order valence-corrected chi connectivity index (χ2v) is 7.44. The lowest BCUT2D eigenvalue weighted by Gasteiger charge is -2.23. The smallest absolute Gasteiger partial charge is 0.256 e. The zero-order valence-electron chi connectivity index (χ0n) is 11.9. The molecule has 114 valence electrons. The summed E-state index contributed by atoms with van der Waals surface area (Å²) in [7, 11) is -1.55. The van der Waals surface area contributed by atoms with E-state index in [0.717, 1.165) is 5.56 Å². The molecule has 0 bridgehead atoms. The number of alkyl halides is 2. The Morgan fingerprint density at radius 1 is 1.25 bits per heavy atom. The first kappa shape index (κ1) is 17.2. The van der Waals surface area contributed by atoms with Gasteiger partial charge in [0, 0.05) is 0 Å². The van der Waals surface area contributed by atoms with Crippen LogP contribution in [-0.2, 0) is 22.3 Å². The van der Waals surface area contributed by atoms with E-state index in [9.17, 15) is 13.0 Å². The van der Waals surface area contributed by atoms with Crippen molar-refractivity contribution < 1.29 is 17.7 Å². The Morgan fingerprint density at radius 3 is 2.35 bits per heavy atom. The summed E-state index contributed by atoms with van der Waals surface area (Å²) in [5.74, 6) is 0. The Balaban J connectivity index is 2.46. The molecule has 0 spiro atoms. The highest BCUT2D eigenvalue weighted by Crippen LogP contribution is 2.12. The van der Waals surface area contributed by atoms with Gasteiger partial charge in [0.1, 0.15) is 6.04 Å². The Hall–Kier alpha value is -0.850. The van der Waals surface area contributed by atoms with Gasteiger partial charge in [0.05, 0.1) is 28.9 Å². The van der Waals surface area contributed by atoms with Crippen molar-refractivity contribution in [3.05, 3.63) is 35.9 Å². The van der Waals surface area contributed by atoms with Crippen LogP contribution in [0.1, 0.15) is 26.3 Å². The topological polar surface area (TPSA) is 38.3 Å². The minimum Gasteiger partial charge on any atom is -0.375 e. The van der Waals surface area contributed by atoms with E-state index in [0.29, 0.717) is 0 Å². The first-order valence-electron chi connectivity index (χ1n) is 6.38. The fraction of sp³-hybridized carbons (Fsp3) is 0.571. The minimum atomic E-state index is -2.63. The molecular weight excluding hydrogens is 284 g/mol. The first-order valence-corrected chi connectivity index (χ1v) is 7.53. The molecule has 0 aliphatic heterocycles. The van der Waals surface area contributed by atoms with Crippen molar-refractivity contribution in [2.45, 2.75) is 44.6 Å². The van der Waals surface area contributed by atoms with Crippen molar-refractivity contribution in [3.8, 4) is 0 Å². The summed E-state index contributed by atoms with van der Waals surface area (Å²) in [6.07, 6.45) is -2.63. The standard InChI is InChI=1S/C14H21F2NO2S/c1-14(2,3)20(18)17-12(13(15)16)10-19-9-11-7-5-4-6-8-11/h4-8,12-13,17H,9-10H2,1-3H3/t12-,20-/m1/s1. The molecule has 0 aliphatic rings. The van der Waals surface area contributed by atoms with Crippen LogP contribution in [-0.4, -0.2) is 28.0 Å². The summed E-state index contributed by atoms with van der Waals surface area (Å²) in [5.41, 5.74) is 0.914. The lowest BCUT2D eigenvalue weighted by Crippen LogP contribution is -2.45. The Kier molecular flexibility index (Phi) is 6.71. The maximum atomic E-state index is 12.9. The van der Waals surface area contributed by atoms with E-state index in [2.05, 4.69) is 4.72 Å². The molecule has 1 N–H and O–H groups in total. The molecular formula is C14H21F2NO2S. The van der Waals surface area contributed by atoms with Gasteiger partial charge in [-0.05, 0) is 26.3 Å². The summed E-state index contributed by atoms with van der Waals surface area (Å²) in [6.45, 7) is 5.25. The lowest BCUT2D eigenvalue weighted by molar-refractivity contribution is 0.0339. The maximum Gasteiger partial charge on any atom is 0.256 e. The second kappa shape index (κ2) is 7.81. The molecule has 0 amide bonds. The van der Waals surface area contributed by atoms with E-state index in [1.54, 1.807) is 20.8 Å². The zero-order chi connectivity index (χ0) is 15.2. The average molecular weight is 305 g/mol. The van der Waals surface area contributed by atoms with Crippen LogP contribution < -0.4 is 4.72 Å². The summed E-state index contributed by atoms with van der Waals surface area (Å²) in [4.78, 5) is 0. The van der Waals surface area contributed by atoms with E-state index in [1.165, 1.54) is 0 Å². The predicted octanol–water partition coefficient (Wildman–Crippen LogP) is 2.89. The van der Waals surface area contributed by atoms with Gasteiger partial charge in [0.2, 0.25) is 0 Å². The van der Waals surface area contributed by atoms with Gasteiger partial charge in [-0.2, -0.15) is 0 Å². The molecule has 0 heterocycles. The number of halogens is 2. The van der Waals surface area contributed by atoms with Gasteiger partial charge in [-0.3, -0.25) is 0 Å². The Morgan fingerprint density at radius 2 is 1.85 bits per heavy atom. The van der Waals surface area contributed by atoms with E-state index in [-0.39, 0.29) is 13.2 Å². The highest BCUT2D eigenvalue weighted by atomic mass is 32.2. The third-order valence-corrected chi connectivity index (χ3v) is 4.16. The van der Waals surface area contributed by atoms with Crippen molar-refractivity contribution in [3.63, 3.8) is 0 Å². The summed E-state index contributed by atoms with van der Waals surface area (Å²) in [6, 6.07) is 8.07. The molecule has 0 aromatic heterocycles. The van der Waals surface area contributed by atoms with Crippen molar-refractivity contribution >= 4 is 11.0 Å². The van der Waals surface area contributed by atoms with Gasteiger partial charge in [-0.1, -0.05) is 30.3 Å². The SMILES string of the molecule is CC(C)(C)[S@@](=O)N[C@H](COCc1ccccc1)C(F)F. The van der Waals surface area contributed by atoms with Gasteiger partial charge in [0.25, 0.3) is 6.43 Å². The summed E-state index contributed by atoms with van der Waals surface area (Å²) >= 11 is 0. The van der Waals surface area contributed by atoms with Gasteiger partial charge < -0.3 is 4.74 Å². The van der Waals surface area contributed by atoms with Crippen LogP contribution in [0, 0.1) is 0 Å². The number of hydrogen-bond acceptors (Lipinski definition) is 2. The highest BCUT2D eigenvalue weighted by Gasteiger charge is 2.27. The summed E-state index contributed by atoms with van der Waals surface area (Å²) < 4.78 is 44.7. The first-order chi connectivity index (χ1) is 9.30. The third kappa shape index (κ3) is 6.07. The van der Waals surface area contributed by atoms with Crippen LogP contribution >= 0.6 is 0 Å². The van der Waals surface area contributed by atoms with Crippen LogP contribution in [0.3, 0.4) is 0 Å². The van der Waals surface area contributed by atoms with E-state index >= 15 is 0 Å². The average Bonchev–Trinajstić information content (AvgIpc) is 2.37. The molecule has 0 unspecified atom stereocenters. The van der Waals surface area contributed by atoms with Crippen LogP contribution in [0.5, 0.6) is 0 Å². The van der Waals surface area contributed by atoms with Gasteiger partial charge in [-0.15, -0.1) is 0 Å². The van der Waals surface area contributed by atoms with Crippen molar-refractivity contribution in [1.82, 2.24) is 4.72 Å². The predicted molar refractivity (Wildman–Crippen MR) is 76.9 cm³/mol. The van der Waals surface area contributed by atoms with Crippen molar-refractivity contribution in [2.75, 3.05) is 6.61 Å². The number of hydrogen-bond donors (Lipinski definition) is 1. The molecule has 0 fully saturated rings. The number of rotatable bonds is 7. The molecule has 1 aromatic carbocycles. The third-order valence-electron chi connectivity index (χ3n) is 2.53. The molecule has 0 radical (unpaired) electrons. The quantitative estimate of drug-likeness (QED) is 0.841. The molecule has 6 heteroatoms. The summed E-state index contributed by atoms with van der Waals surface area (Å²) in [5, 5.41) is 0. The van der Waals surface area contributed by atoms with Crippen LogP contribution in [0.4, 0.5) is 8.78 Å². The minimum absolute atomic E-state index is 0.186. The lowest BCUT2D eigenvalue weighted by atomic mass is 10.2. The van der Waals surface area contributed by atoms with Crippen molar-refractivity contribution in [2.24, 2.45) is 0 Å². The van der Waals surface area contributed by atoms with Crippen LogP contribution in [0.2, 0.25) is 0 Å². The molecule has 0 saturated carbocycles. The monoisotopic (exact) mass is 305 g/mol. The fourth-order valence-electron chi connectivity index (χ4n) is 1.35.